The zero-order chi connectivity index (χ0) is 10.7. The van der Waals surface area contributed by atoms with Gasteiger partial charge in [-0.25, -0.2) is 10.3 Å². The molecule has 2 aliphatic rings. The molecule has 86 valence electrons. The van der Waals surface area contributed by atoms with Gasteiger partial charge in [-0.3, -0.25) is 9.92 Å². The van der Waals surface area contributed by atoms with Crippen molar-refractivity contribution in [1.29, 1.82) is 0 Å². The highest BCUT2D eigenvalue weighted by Gasteiger charge is 2.31. The first-order valence-electron chi connectivity index (χ1n) is 5.34. The van der Waals surface area contributed by atoms with Gasteiger partial charge >= 0.3 is 5.97 Å². The first-order chi connectivity index (χ1) is 7.27. The number of rotatable bonds is 0. The molecule has 3 unspecified atom stereocenters. The summed E-state index contributed by atoms with van der Waals surface area (Å²) < 4.78 is 5.01. The highest BCUT2D eigenvalue weighted by atomic mass is 31.1. The molecule has 1 aliphatic heterocycles. The van der Waals surface area contributed by atoms with Crippen LogP contribution in [0.3, 0.4) is 0 Å². The third-order valence-electron chi connectivity index (χ3n) is 3.10. The third-order valence-corrected chi connectivity index (χ3v) is 3.75. The van der Waals surface area contributed by atoms with Crippen LogP contribution in [0.15, 0.2) is 0 Å². The van der Waals surface area contributed by atoms with E-state index in [1.165, 1.54) is 12.8 Å². The number of hydrogen-bond donors (Lipinski definition) is 2. The van der Waals surface area contributed by atoms with Gasteiger partial charge in [-0.1, -0.05) is 0 Å². The van der Waals surface area contributed by atoms with Gasteiger partial charge < -0.3 is 4.52 Å². The Morgan fingerprint density at radius 2 is 2.07 bits per heavy atom. The van der Waals surface area contributed by atoms with E-state index < -0.39 is 6.10 Å². The summed E-state index contributed by atoms with van der Waals surface area (Å²) in [5, 5.41) is 3.17. The van der Waals surface area contributed by atoms with E-state index in [1.54, 1.807) is 6.92 Å². The molecule has 0 aromatic heterocycles. The second-order valence-electron chi connectivity index (χ2n) is 4.11. The lowest BCUT2D eigenvalue weighted by molar-refractivity contribution is -0.151. The van der Waals surface area contributed by atoms with Gasteiger partial charge in [0.05, 0.1) is 0 Å². The molecule has 1 heterocycles. The van der Waals surface area contributed by atoms with Gasteiger partial charge in [-0.05, 0) is 31.6 Å². The lowest BCUT2D eigenvalue weighted by Gasteiger charge is -2.36. The van der Waals surface area contributed by atoms with Crippen LogP contribution in [-0.4, -0.2) is 25.2 Å². The van der Waals surface area contributed by atoms with E-state index in [0.29, 0.717) is 11.8 Å². The third kappa shape index (κ3) is 2.88. The van der Waals surface area contributed by atoms with Crippen molar-refractivity contribution in [3.63, 3.8) is 0 Å². The molecule has 2 N–H and O–H groups in total. The fraction of sp³-hybridized carbons (Fsp3) is 0.889. The van der Waals surface area contributed by atoms with Crippen molar-refractivity contribution >= 4 is 14.9 Å². The monoisotopic (exact) mass is 232 g/mol. The Balaban J connectivity index is 1.85. The number of nitrogens with one attached hydrogen (secondary N) is 2. The van der Waals surface area contributed by atoms with Crippen LogP contribution in [0.25, 0.3) is 0 Å². The molecular weight excluding hydrogens is 215 g/mol. The number of hydroxylamine groups is 1. The van der Waals surface area contributed by atoms with Crippen LogP contribution in [-0.2, 0) is 14.2 Å². The Morgan fingerprint density at radius 1 is 1.33 bits per heavy atom. The molecule has 1 saturated heterocycles. The molecular formula is C9H17N2O3P. The maximum Gasteiger partial charge on any atom is 0.340 e. The Labute approximate surface area is 91.1 Å². The molecule has 0 aromatic carbocycles. The van der Waals surface area contributed by atoms with Crippen molar-refractivity contribution in [3.05, 3.63) is 0 Å². The number of fused-ring (bicyclic) bond motifs is 1. The van der Waals surface area contributed by atoms with Crippen molar-refractivity contribution < 1.29 is 14.2 Å². The smallest absolute Gasteiger partial charge is 0.340 e. The van der Waals surface area contributed by atoms with Gasteiger partial charge in [0.1, 0.15) is 8.96 Å². The first kappa shape index (κ1) is 11.3. The van der Waals surface area contributed by atoms with E-state index in [9.17, 15) is 4.79 Å². The molecule has 5 nitrogen and oxygen atoms in total. The average Bonchev–Trinajstić information content (AvgIpc) is 2.21. The lowest BCUT2D eigenvalue weighted by atomic mass is 9.74. The summed E-state index contributed by atoms with van der Waals surface area (Å²) in [5.74, 6) is 1.05. The van der Waals surface area contributed by atoms with E-state index in [0.717, 1.165) is 13.1 Å². The number of carbonyl (C=O) groups excluding carboxylic acids is 1. The summed E-state index contributed by atoms with van der Waals surface area (Å²) in [6.45, 7) is 3.45. The minimum atomic E-state index is -0.532. The van der Waals surface area contributed by atoms with Gasteiger partial charge in [0.25, 0.3) is 0 Å². The SMILES string of the molecule is C[C@H]1ONCC2CCC2CNPOC1=O. The summed E-state index contributed by atoms with van der Waals surface area (Å²) in [7, 11) is 0.0482. The molecule has 0 amide bonds. The van der Waals surface area contributed by atoms with Crippen LogP contribution in [0, 0.1) is 11.8 Å². The Hall–Kier alpha value is -0.220. The van der Waals surface area contributed by atoms with E-state index >= 15 is 0 Å². The van der Waals surface area contributed by atoms with Crippen LogP contribution >= 0.6 is 8.96 Å². The second-order valence-corrected chi connectivity index (χ2v) is 4.87. The van der Waals surface area contributed by atoms with Gasteiger partial charge in [0.2, 0.25) is 0 Å². The van der Waals surface area contributed by atoms with Gasteiger partial charge in [0, 0.05) is 13.1 Å². The summed E-state index contributed by atoms with van der Waals surface area (Å²) >= 11 is 0. The summed E-state index contributed by atoms with van der Waals surface area (Å²) in [4.78, 5) is 16.5. The molecule has 15 heavy (non-hydrogen) atoms. The van der Waals surface area contributed by atoms with Crippen molar-refractivity contribution in [2.24, 2.45) is 11.8 Å². The minimum Gasteiger partial charge on any atom is -0.429 e. The molecule has 1 aliphatic carbocycles. The molecule has 2 rings (SSSR count). The topological polar surface area (TPSA) is 59.6 Å². The van der Waals surface area contributed by atoms with Crippen LogP contribution in [0.5, 0.6) is 0 Å². The number of hydrogen-bond acceptors (Lipinski definition) is 5. The van der Waals surface area contributed by atoms with Crippen molar-refractivity contribution in [2.45, 2.75) is 25.9 Å². The molecule has 2 fully saturated rings. The maximum atomic E-state index is 11.3. The molecule has 4 atom stereocenters. The second kappa shape index (κ2) is 5.21. The zero-order valence-electron chi connectivity index (χ0n) is 8.79. The van der Waals surface area contributed by atoms with Gasteiger partial charge in [-0.15, -0.1) is 0 Å². The number of carbonyl (C=O) groups is 1. The predicted molar refractivity (Wildman–Crippen MR) is 57.2 cm³/mol. The lowest BCUT2D eigenvalue weighted by Crippen LogP contribution is -2.40. The molecule has 0 bridgehead atoms. The molecule has 0 radical (unpaired) electrons. The summed E-state index contributed by atoms with van der Waals surface area (Å²) in [6.07, 6.45) is 1.97. The Morgan fingerprint density at radius 3 is 2.80 bits per heavy atom. The minimum absolute atomic E-state index is 0.0482. The fourth-order valence-corrected chi connectivity index (χ4v) is 2.53. The van der Waals surface area contributed by atoms with Crippen molar-refractivity contribution in [1.82, 2.24) is 10.6 Å². The van der Waals surface area contributed by atoms with Crippen LogP contribution < -0.4 is 10.6 Å². The van der Waals surface area contributed by atoms with Gasteiger partial charge in [0.15, 0.2) is 6.10 Å². The highest BCUT2D eigenvalue weighted by molar-refractivity contribution is 7.30. The normalized spacial score (nSPS) is 39.8. The van der Waals surface area contributed by atoms with E-state index in [2.05, 4.69) is 10.6 Å². The largest absolute Gasteiger partial charge is 0.429 e. The molecule has 1 saturated carbocycles. The van der Waals surface area contributed by atoms with E-state index in [1.807, 2.05) is 0 Å². The Kier molecular flexibility index (Phi) is 3.92. The Bertz CT molecular complexity index is 239. The van der Waals surface area contributed by atoms with Crippen LogP contribution in [0.2, 0.25) is 0 Å². The van der Waals surface area contributed by atoms with E-state index in [-0.39, 0.29) is 14.9 Å². The standard InChI is InChI=1S/C9H17N2O3P/c1-6-9(12)14-15-11-5-8-3-2-7(8)4-10-13-6/h6-8,10-11,15H,2-5H2,1H3/t6-,7?,8?/m1/s1. The van der Waals surface area contributed by atoms with Crippen molar-refractivity contribution in [3.8, 4) is 0 Å². The zero-order valence-corrected chi connectivity index (χ0v) is 9.79. The van der Waals surface area contributed by atoms with Crippen molar-refractivity contribution in [2.75, 3.05) is 13.1 Å². The van der Waals surface area contributed by atoms with E-state index in [4.69, 9.17) is 9.36 Å². The molecule has 0 spiro atoms. The summed E-state index contributed by atoms with van der Waals surface area (Å²) in [6, 6.07) is 0. The summed E-state index contributed by atoms with van der Waals surface area (Å²) in [5.41, 5.74) is 2.87. The fourth-order valence-electron chi connectivity index (χ4n) is 1.85. The average molecular weight is 232 g/mol. The van der Waals surface area contributed by atoms with Crippen LogP contribution in [0.4, 0.5) is 0 Å². The maximum absolute atomic E-state index is 11.3. The van der Waals surface area contributed by atoms with Gasteiger partial charge in [-0.2, -0.15) is 0 Å². The first-order valence-corrected chi connectivity index (χ1v) is 6.25. The highest BCUT2D eigenvalue weighted by Crippen LogP contribution is 2.34. The molecule has 0 aromatic rings. The molecule has 6 heteroatoms. The van der Waals surface area contributed by atoms with Crippen LogP contribution in [0.1, 0.15) is 19.8 Å². The quantitative estimate of drug-likeness (QED) is 0.598. The predicted octanol–water partition coefficient (Wildman–Crippen LogP) is 0.577.